The summed E-state index contributed by atoms with van der Waals surface area (Å²) in [5, 5.41) is 0.601. The lowest BCUT2D eigenvalue weighted by Gasteiger charge is -2.11. The van der Waals surface area contributed by atoms with E-state index >= 15 is 0 Å². The first kappa shape index (κ1) is 16.4. The van der Waals surface area contributed by atoms with Crippen LogP contribution in [0.4, 0.5) is 4.79 Å². The number of hydrogen-bond acceptors (Lipinski definition) is 5. The van der Waals surface area contributed by atoms with Gasteiger partial charge >= 0.3 is 11.7 Å². The summed E-state index contributed by atoms with van der Waals surface area (Å²) in [7, 11) is 0. The minimum Gasteiger partial charge on any atom is -0.422 e. The van der Waals surface area contributed by atoms with E-state index in [2.05, 4.69) is 0 Å². The van der Waals surface area contributed by atoms with Gasteiger partial charge in [-0.3, -0.25) is 4.79 Å². The lowest BCUT2D eigenvalue weighted by molar-refractivity contribution is 0.112. The molecule has 0 radical (unpaired) electrons. The molecule has 1 aromatic heterocycles. The van der Waals surface area contributed by atoms with Crippen molar-refractivity contribution in [3.63, 3.8) is 0 Å². The maximum atomic E-state index is 12.4. The van der Waals surface area contributed by atoms with Crippen molar-refractivity contribution in [3.8, 4) is 5.75 Å². The number of aldehydes is 1. The third-order valence-corrected chi connectivity index (χ3v) is 4.01. The molecular formula is C19H15NO5. The molecule has 126 valence electrons. The second-order valence-electron chi connectivity index (χ2n) is 5.55. The Morgan fingerprint density at radius 3 is 2.56 bits per heavy atom. The van der Waals surface area contributed by atoms with Gasteiger partial charge in [0.15, 0.2) is 11.9 Å². The number of carbonyl (C=O) groups is 2. The van der Waals surface area contributed by atoms with E-state index in [1.807, 2.05) is 30.3 Å². The van der Waals surface area contributed by atoms with E-state index < -0.39 is 11.7 Å². The average Bonchev–Trinajstić information content (AvgIpc) is 2.59. The van der Waals surface area contributed by atoms with Crippen LogP contribution in [0.25, 0.3) is 11.0 Å². The number of aryl methyl sites for hydroxylation is 1. The molecule has 1 heterocycles. The Morgan fingerprint density at radius 1 is 1.20 bits per heavy atom. The van der Waals surface area contributed by atoms with Gasteiger partial charge in [0.25, 0.3) is 0 Å². The molecule has 2 N–H and O–H groups in total. The summed E-state index contributed by atoms with van der Waals surface area (Å²) in [4.78, 5) is 34.8. The van der Waals surface area contributed by atoms with Crippen LogP contribution < -0.4 is 16.1 Å². The molecule has 2 aromatic carbocycles. The summed E-state index contributed by atoms with van der Waals surface area (Å²) in [6.45, 7) is 1.79. The quantitative estimate of drug-likeness (QED) is 0.583. The highest BCUT2D eigenvalue weighted by Crippen LogP contribution is 2.29. The van der Waals surface area contributed by atoms with Gasteiger partial charge in [-0.15, -0.1) is 0 Å². The lowest BCUT2D eigenvalue weighted by atomic mass is 9.98. The Bertz CT molecular complexity index is 1020. The van der Waals surface area contributed by atoms with Crippen LogP contribution in [0.1, 0.15) is 27.0 Å². The van der Waals surface area contributed by atoms with Gasteiger partial charge in [-0.2, -0.15) is 0 Å². The van der Waals surface area contributed by atoms with E-state index in [-0.39, 0.29) is 16.9 Å². The van der Waals surface area contributed by atoms with Crippen LogP contribution in [0.2, 0.25) is 0 Å². The molecule has 0 aliphatic rings. The monoisotopic (exact) mass is 337 g/mol. The highest BCUT2D eigenvalue weighted by atomic mass is 16.5. The van der Waals surface area contributed by atoms with E-state index in [1.54, 1.807) is 13.0 Å². The minimum atomic E-state index is -1.05. The number of benzene rings is 2. The van der Waals surface area contributed by atoms with Crippen molar-refractivity contribution < 1.29 is 18.7 Å². The molecule has 3 aromatic rings. The van der Waals surface area contributed by atoms with Crippen LogP contribution in [-0.2, 0) is 6.42 Å². The lowest BCUT2D eigenvalue weighted by Crippen LogP contribution is -2.17. The Hall–Kier alpha value is -3.41. The first-order chi connectivity index (χ1) is 12.0. The van der Waals surface area contributed by atoms with Crippen LogP contribution in [0, 0.1) is 6.92 Å². The largest absolute Gasteiger partial charge is 0.422 e. The van der Waals surface area contributed by atoms with E-state index in [1.165, 1.54) is 6.07 Å². The van der Waals surface area contributed by atoms with Gasteiger partial charge in [0.2, 0.25) is 0 Å². The summed E-state index contributed by atoms with van der Waals surface area (Å²) in [6.07, 6.45) is -0.164. The fourth-order valence-corrected chi connectivity index (χ4v) is 2.77. The number of hydrogen-bond donors (Lipinski definition) is 1. The molecule has 0 saturated carbocycles. The zero-order valence-corrected chi connectivity index (χ0v) is 13.4. The number of amides is 1. The molecule has 0 unspecified atom stereocenters. The highest BCUT2D eigenvalue weighted by molar-refractivity contribution is 5.99. The summed E-state index contributed by atoms with van der Waals surface area (Å²) in [6, 6.07) is 12.6. The van der Waals surface area contributed by atoms with Crippen LogP contribution in [0.5, 0.6) is 5.75 Å². The fourth-order valence-electron chi connectivity index (χ4n) is 2.77. The van der Waals surface area contributed by atoms with Crippen LogP contribution in [0.3, 0.4) is 0 Å². The molecule has 0 spiro atoms. The molecule has 3 rings (SSSR count). The van der Waals surface area contributed by atoms with E-state index in [0.29, 0.717) is 29.2 Å². The Morgan fingerprint density at radius 2 is 1.92 bits per heavy atom. The van der Waals surface area contributed by atoms with Gasteiger partial charge in [0, 0.05) is 17.4 Å². The second kappa shape index (κ2) is 6.60. The van der Waals surface area contributed by atoms with Crippen molar-refractivity contribution in [1.29, 1.82) is 0 Å². The molecule has 6 heteroatoms. The number of primary amides is 1. The average molecular weight is 337 g/mol. The zero-order valence-electron chi connectivity index (χ0n) is 13.4. The molecule has 0 saturated heterocycles. The number of ether oxygens (including phenoxy) is 1. The van der Waals surface area contributed by atoms with E-state index in [0.717, 1.165) is 5.56 Å². The SMILES string of the molecule is Cc1c(Cc2ccccc2)c(=O)oc2c(C=O)c(OC(N)=O)ccc12. The molecule has 0 fully saturated rings. The van der Waals surface area contributed by atoms with Crippen molar-refractivity contribution in [1.82, 2.24) is 0 Å². The number of fused-ring (bicyclic) bond motifs is 1. The van der Waals surface area contributed by atoms with Gasteiger partial charge in [0.1, 0.15) is 11.3 Å². The van der Waals surface area contributed by atoms with Gasteiger partial charge in [-0.05, 0) is 30.2 Å². The van der Waals surface area contributed by atoms with Crippen LogP contribution in [-0.4, -0.2) is 12.4 Å². The molecule has 0 aliphatic carbocycles. The Kier molecular flexibility index (Phi) is 4.35. The first-order valence-corrected chi connectivity index (χ1v) is 7.57. The summed E-state index contributed by atoms with van der Waals surface area (Å²) >= 11 is 0. The van der Waals surface area contributed by atoms with Crippen LogP contribution in [0.15, 0.2) is 51.7 Å². The van der Waals surface area contributed by atoms with Gasteiger partial charge in [-0.25, -0.2) is 9.59 Å². The molecule has 25 heavy (non-hydrogen) atoms. The van der Waals surface area contributed by atoms with Gasteiger partial charge in [0.05, 0.1) is 0 Å². The molecule has 0 atom stereocenters. The van der Waals surface area contributed by atoms with Crippen molar-refractivity contribution in [2.24, 2.45) is 5.73 Å². The third kappa shape index (κ3) is 3.14. The summed E-state index contributed by atoms with van der Waals surface area (Å²) in [5.74, 6) is -0.0478. The zero-order chi connectivity index (χ0) is 18.0. The number of carbonyl (C=O) groups excluding carboxylic acids is 2. The predicted molar refractivity (Wildman–Crippen MR) is 92.1 cm³/mol. The summed E-state index contributed by atoms with van der Waals surface area (Å²) < 4.78 is 10.2. The highest BCUT2D eigenvalue weighted by Gasteiger charge is 2.18. The van der Waals surface area contributed by atoms with Gasteiger partial charge in [-0.1, -0.05) is 30.3 Å². The van der Waals surface area contributed by atoms with E-state index in [9.17, 15) is 14.4 Å². The second-order valence-corrected chi connectivity index (χ2v) is 5.55. The first-order valence-electron chi connectivity index (χ1n) is 7.57. The van der Waals surface area contributed by atoms with Crippen molar-refractivity contribution in [2.75, 3.05) is 0 Å². The predicted octanol–water partition coefficient (Wildman–Crippen LogP) is 2.96. The fraction of sp³-hybridized carbons (Fsp3) is 0.105. The van der Waals surface area contributed by atoms with Gasteiger partial charge < -0.3 is 14.9 Å². The third-order valence-electron chi connectivity index (χ3n) is 4.01. The number of rotatable bonds is 4. The molecule has 0 aliphatic heterocycles. The summed E-state index contributed by atoms with van der Waals surface area (Å²) in [5.41, 5.74) is 6.71. The molecular weight excluding hydrogens is 322 g/mol. The molecule has 1 amide bonds. The Balaban J connectivity index is 2.19. The maximum Gasteiger partial charge on any atom is 0.409 e. The Labute approximate surface area is 142 Å². The van der Waals surface area contributed by atoms with Crippen molar-refractivity contribution >= 4 is 23.3 Å². The van der Waals surface area contributed by atoms with Crippen molar-refractivity contribution in [2.45, 2.75) is 13.3 Å². The normalized spacial score (nSPS) is 10.6. The number of nitrogens with two attached hydrogens (primary N) is 1. The van der Waals surface area contributed by atoms with Crippen LogP contribution >= 0.6 is 0 Å². The topological polar surface area (TPSA) is 99.6 Å². The standard InChI is InChI=1S/C19H15NO5/c1-11-13-7-8-16(24-19(20)23)15(10-21)17(13)25-18(22)14(11)9-12-5-3-2-4-6-12/h2-8,10H,9H2,1H3,(H2,20,23). The van der Waals surface area contributed by atoms with E-state index in [4.69, 9.17) is 14.9 Å². The maximum absolute atomic E-state index is 12.4. The molecule has 6 nitrogen and oxygen atoms in total. The van der Waals surface area contributed by atoms with Crippen molar-refractivity contribution in [3.05, 3.63) is 75.1 Å². The molecule has 0 bridgehead atoms. The minimum absolute atomic E-state index is 0.0252. The smallest absolute Gasteiger partial charge is 0.409 e.